The minimum Gasteiger partial charge on any atom is -0.352 e. The highest BCUT2D eigenvalue weighted by Crippen LogP contribution is 2.23. The van der Waals surface area contributed by atoms with E-state index in [1.54, 1.807) is 5.51 Å². The summed E-state index contributed by atoms with van der Waals surface area (Å²) in [7, 11) is 0. The summed E-state index contributed by atoms with van der Waals surface area (Å²) in [5.41, 5.74) is 6.25. The first-order chi connectivity index (χ1) is 12.7. The van der Waals surface area contributed by atoms with Gasteiger partial charge in [0.15, 0.2) is 0 Å². The number of hydrogen-bond donors (Lipinski definition) is 1. The van der Waals surface area contributed by atoms with E-state index in [-0.39, 0.29) is 5.91 Å². The van der Waals surface area contributed by atoms with E-state index in [4.69, 9.17) is 0 Å². The predicted octanol–water partition coefficient (Wildman–Crippen LogP) is 3.34. The van der Waals surface area contributed by atoms with E-state index in [9.17, 15) is 4.79 Å². The van der Waals surface area contributed by atoms with E-state index in [2.05, 4.69) is 44.5 Å². The highest BCUT2D eigenvalue weighted by Gasteiger charge is 2.17. The molecule has 0 spiro atoms. The first-order valence-electron chi connectivity index (χ1n) is 8.65. The number of hydrogen-bond acceptors (Lipinski definition) is 5. The summed E-state index contributed by atoms with van der Waals surface area (Å²) in [6.07, 6.45) is 2.89. The number of nitrogens with zero attached hydrogens (tertiary/aromatic N) is 3. The summed E-state index contributed by atoms with van der Waals surface area (Å²) in [6, 6.07) is 12.6. The molecule has 4 rings (SSSR count). The van der Waals surface area contributed by atoms with Gasteiger partial charge in [-0.15, -0.1) is 11.3 Å². The normalized spacial score (nSPS) is 13.3. The van der Waals surface area contributed by atoms with Crippen LogP contribution in [0.5, 0.6) is 0 Å². The van der Waals surface area contributed by atoms with E-state index >= 15 is 0 Å². The second-order valence-corrected chi connectivity index (χ2v) is 7.27. The number of carbonyl (C=O) groups excluding carboxylic acids is 1. The maximum absolute atomic E-state index is 12.2. The van der Waals surface area contributed by atoms with Gasteiger partial charge in [0.05, 0.1) is 11.2 Å². The Kier molecular flexibility index (Phi) is 4.67. The number of pyridine rings is 1. The number of thiazole rings is 1. The van der Waals surface area contributed by atoms with Gasteiger partial charge < -0.3 is 10.2 Å². The van der Waals surface area contributed by atoms with Crippen molar-refractivity contribution in [3.05, 3.63) is 75.4 Å². The zero-order valence-electron chi connectivity index (χ0n) is 14.6. The molecule has 0 bridgehead atoms. The average molecular weight is 364 g/mol. The predicted molar refractivity (Wildman–Crippen MR) is 103 cm³/mol. The number of aryl methyl sites for hydroxylation is 1. The van der Waals surface area contributed by atoms with Gasteiger partial charge in [-0.05, 0) is 36.1 Å². The smallest absolute Gasteiger partial charge is 0.263 e. The van der Waals surface area contributed by atoms with Crippen LogP contribution in [0.15, 0.2) is 48.1 Å². The molecule has 0 aliphatic carbocycles. The largest absolute Gasteiger partial charge is 0.352 e. The monoisotopic (exact) mass is 364 g/mol. The van der Waals surface area contributed by atoms with Crippen LogP contribution in [0.2, 0.25) is 0 Å². The maximum atomic E-state index is 12.2. The number of amides is 1. The van der Waals surface area contributed by atoms with Crippen molar-refractivity contribution in [3.8, 4) is 0 Å². The molecule has 2 aromatic heterocycles. The van der Waals surface area contributed by atoms with Crippen LogP contribution < -0.4 is 10.2 Å². The Morgan fingerprint density at radius 1 is 1.19 bits per heavy atom. The Morgan fingerprint density at radius 2 is 2.04 bits per heavy atom. The van der Waals surface area contributed by atoms with Crippen LogP contribution in [0, 0.1) is 6.92 Å². The third-order valence-corrected chi connectivity index (χ3v) is 5.60. The fourth-order valence-electron chi connectivity index (χ4n) is 3.18. The zero-order valence-corrected chi connectivity index (χ0v) is 15.4. The molecule has 26 heavy (non-hydrogen) atoms. The molecule has 1 amide bonds. The van der Waals surface area contributed by atoms with E-state index in [0.29, 0.717) is 11.4 Å². The SMILES string of the molecule is Cc1ncsc1C(=O)NCc1ccc(N2CCc3ccccc3C2)nc1. The molecule has 0 saturated heterocycles. The summed E-state index contributed by atoms with van der Waals surface area (Å²) >= 11 is 1.36. The van der Waals surface area contributed by atoms with Crippen molar-refractivity contribution in [3.63, 3.8) is 0 Å². The van der Waals surface area contributed by atoms with Crippen molar-refractivity contribution in [2.75, 3.05) is 11.4 Å². The lowest BCUT2D eigenvalue weighted by atomic mass is 10.00. The Bertz CT molecular complexity index is 920. The molecule has 0 atom stereocenters. The molecule has 5 nitrogen and oxygen atoms in total. The van der Waals surface area contributed by atoms with Gasteiger partial charge in [0, 0.05) is 25.8 Å². The molecule has 0 unspecified atom stereocenters. The fourth-order valence-corrected chi connectivity index (χ4v) is 3.90. The van der Waals surface area contributed by atoms with Crippen molar-refractivity contribution in [2.45, 2.75) is 26.4 Å². The van der Waals surface area contributed by atoms with Gasteiger partial charge >= 0.3 is 0 Å². The summed E-state index contributed by atoms with van der Waals surface area (Å²) in [5, 5.41) is 2.93. The van der Waals surface area contributed by atoms with E-state index in [0.717, 1.165) is 36.6 Å². The first-order valence-corrected chi connectivity index (χ1v) is 9.53. The van der Waals surface area contributed by atoms with Gasteiger partial charge in [0.1, 0.15) is 10.7 Å². The highest BCUT2D eigenvalue weighted by molar-refractivity contribution is 7.11. The topological polar surface area (TPSA) is 58.1 Å². The molecular formula is C20H20N4OS. The lowest BCUT2D eigenvalue weighted by molar-refractivity contribution is 0.0954. The van der Waals surface area contributed by atoms with Crippen LogP contribution in [-0.4, -0.2) is 22.4 Å². The van der Waals surface area contributed by atoms with E-state index < -0.39 is 0 Å². The molecule has 0 radical (unpaired) electrons. The molecule has 1 aliphatic heterocycles. The lowest BCUT2D eigenvalue weighted by Crippen LogP contribution is -2.31. The maximum Gasteiger partial charge on any atom is 0.263 e. The summed E-state index contributed by atoms with van der Waals surface area (Å²) in [5.74, 6) is 0.898. The zero-order chi connectivity index (χ0) is 17.9. The Labute approximate surface area is 156 Å². The third kappa shape index (κ3) is 3.46. The first kappa shape index (κ1) is 16.7. The minimum atomic E-state index is -0.0817. The number of benzene rings is 1. The number of carbonyl (C=O) groups is 1. The number of anilines is 1. The summed E-state index contributed by atoms with van der Waals surface area (Å²) in [6.45, 7) is 4.18. The van der Waals surface area contributed by atoms with Crippen molar-refractivity contribution >= 4 is 23.1 Å². The van der Waals surface area contributed by atoms with Crippen molar-refractivity contribution in [1.82, 2.24) is 15.3 Å². The molecule has 0 fully saturated rings. The molecule has 132 valence electrons. The number of nitrogens with one attached hydrogen (secondary N) is 1. The minimum absolute atomic E-state index is 0.0817. The fraction of sp³-hybridized carbons (Fsp3) is 0.250. The van der Waals surface area contributed by atoms with Gasteiger partial charge in [-0.3, -0.25) is 4.79 Å². The van der Waals surface area contributed by atoms with Gasteiger partial charge in [0.2, 0.25) is 0 Å². The van der Waals surface area contributed by atoms with Crippen molar-refractivity contribution in [2.24, 2.45) is 0 Å². The van der Waals surface area contributed by atoms with Gasteiger partial charge in [-0.1, -0.05) is 30.3 Å². The van der Waals surface area contributed by atoms with Crippen LogP contribution in [0.3, 0.4) is 0 Å². The quantitative estimate of drug-likeness (QED) is 0.771. The second-order valence-electron chi connectivity index (χ2n) is 6.41. The number of aromatic nitrogens is 2. The lowest BCUT2D eigenvalue weighted by Gasteiger charge is -2.29. The molecule has 1 N–H and O–H groups in total. The van der Waals surface area contributed by atoms with Crippen LogP contribution in [0.1, 0.15) is 32.1 Å². The van der Waals surface area contributed by atoms with Crippen LogP contribution in [0.4, 0.5) is 5.82 Å². The third-order valence-electron chi connectivity index (χ3n) is 4.67. The Morgan fingerprint density at radius 3 is 2.77 bits per heavy atom. The molecule has 1 aliphatic rings. The summed E-state index contributed by atoms with van der Waals surface area (Å²) in [4.78, 5) is 23.8. The number of rotatable bonds is 4. The Hall–Kier alpha value is -2.73. The van der Waals surface area contributed by atoms with Crippen molar-refractivity contribution < 1.29 is 4.79 Å². The standard InChI is InChI=1S/C20H20N4OS/c1-14-19(26-13-23-14)20(25)22-11-15-6-7-18(21-10-15)24-9-8-16-4-2-3-5-17(16)12-24/h2-7,10,13H,8-9,11-12H2,1H3,(H,22,25). The molecular weight excluding hydrogens is 344 g/mol. The molecule has 0 saturated carbocycles. The van der Waals surface area contributed by atoms with E-state index in [1.807, 2.05) is 25.3 Å². The van der Waals surface area contributed by atoms with Crippen LogP contribution in [0.25, 0.3) is 0 Å². The highest BCUT2D eigenvalue weighted by atomic mass is 32.1. The summed E-state index contributed by atoms with van der Waals surface area (Å²) < 4.78 is 0. The van der Waals surface area contributed by atoms with Crippen molar-refractivity contribution in [1.29, 1.82) is 0 Å². The average Bonchev–Trinajstić information content (AvgIpc) is 3.12. The Balaban J connectivity index is 1.38. The van der Waals surface area contributed by atoms with Crippen LogP contribution >= 0.6 is 11.3 Å². The second kappa shape index (κ2) is 7.25. The molecule has 1 aromatic carbocycles. The van der Waals surface area contributed by atoms with Gasteiger partial charge in [0.25, 0.3) is 5.91 Å². The number of fused-ring (bicyclic) bond motifs is 1. The van der Waals surface area contributed by atoms with E-state index in [1.165, 1.54) is 22.5 Å². The van der Waals surface area contributed by atoms with Gasteiger partial charge in [-0.2, -0.15) is 0 Å². The molecule has 3 heterocycles. The van der Waals surface area contributed by atoms with Crippen LogP contribution in [-0.2, 0) is 19.5 Å². The molecule has 3 aromatic rings. The van der Waals surface area contributed by atoms with Gasteiger partial charge in [-0.25, -0.2) is 9.97 Å². The molecule has 6 heteroatoms.